The Bertz CT molecular complexity index is 596. The van der Waals surface area contributed by atoms with E-state index in [1.165, 1.54) is 4.88 Å². The van der Waals surface area contributed by atoms with Gasteiger partial charge < -0.3 is 4.74 Å². The van der Waals surface area contributed by atoms with Crippen molar-refractivity contribution in [2.24, 2.45) is 0 Å². The molecule has 0 aliphatic carbocycles. The molecule has 0 atom stereocenters. The zero-order valence-corrected chi connectivity index (χ0v) is 11.6. The maximum atomic E-state index is 8.77. The summed E-state index contributed by atoms with van der Waals surface area (Å²) in [4.78, 5) is 5.59. The molecule has 0 radical (unpaired) electrons. The number of hydrogen-bond acceptors (Lipinski definition) is 4. The molecule has 5 heteroatoms. The van der Waals surface area contributed by atoms with Gasteiger partial charge >= 0.3 is 0 Å². The Hall–Kier alpha value is -1.57. The van der Waals surface area contributed by atoms with Crippen LogP contribution in [0.5, 0.6) is 5.75 Å². The van der Waals surface area contributed by atoms with Crippen molar-refractivity contribution in [1.29, 1.82) is 5.26 Å². The Balaban J connectivity index is 2.07. The number of benzene rings is 1. The highest BCUT2D eigenvalue weighted by Gasteiger charge is 2.06. The van der Waals surface area contributed by atoms with E-state index in [-0.39, 0.29) is 0 Å². The number of halogens is 1. The van der Waals surface area contributed by atoms with E-state index in [4.69, 9.17) is 21.6 Å². The van der Waals surface area contributed by atoms with Crippen LogP contribution in [-0.4, -0.2) is 4.98 Å². The first kappa shape index (κ1) is 12.9. The average Bonchev–Trinajstić information content (AvgIpc) is 2.66. The van der Waals surface area contributed by atoms with Gasteiger partial charge in [0.15, 0.2) is 0 Å². The van der Waals surface area contributed by atoms with Gasteiger partial charge in [-0.1, -0.05) is 11.6 Å². The van der Waals surface area contributed by atoms with Crippen molar-refractivity contribution < 1.29 is 4.74 Å². The Labute approximate surface area is 115 Å². The van der Waals surface area contributed by atoms with Crippen molar-refractivity contribution in [3.05, 3.63) is 44.4 Å². The zero-order chi connectivity index (χ0) is 13.1. The van der Waals surface area contributed by atoms with Crippen molar-refractivity contribution in [2.75, 3.05) is 0 Å². The van der Waals surface area contributed by atoms with Gasteiger partial charge in [0.05, 0.1) is 16.3 Å². The number of hydrogen-bond donors (Lipinski definition) is 0. The molecule has 0 aliphatic heterocycles. The highest BCUT2D eigenvalue weighted by Crippen LogP contribution is 2.23. The molecule has 0 aliphatic rings. The van der Waals surface area contributed by atoms with Crippen molar-refractivity contribution in [1.82, 2.24) is 4.98 Å². The number of aryl methyl sites for hydroxylation is 2. The molecule has 0 amide bonds. The molecule has 2 rings (SSSR count). The molecular weight excluding hydrogens is 268 g/mol. The molecule has 0 spiro atoms. The number of aromatic nitrogens is 1. The maximum absolute atomic E-state index is 8.77. The van der Waals surface area contributed by atoms with Crippen molar-refractivity contribution in [3.8, 4) is 11.8 Å². The lowest BCUT2D eigenvalue weighted by molar-refractivity contribution is 0.305. The zero-order valence-electron chi connectivity index (χ0n) is 10.0. The third-order valence-electron chi connectivity index (χ3n) is 2.50. The molecular formula is C13H11ClN2OS. The van der Waals surface area contributed by atoms with Crippen LogP contribution >= 0.6 is 22.9 Å². The first-order chi connectivity index (χ1) is 8.60. The van der Waals surface area contributed by atoms with Gasteiger partial charge in [-0.15, -0.1) is 11.3 Å². The fraction of sp³-hybridized carbons (Fsp3) is 0.231. The predicted octanol–water partition coefficient (Wildman–Crippen LogP) is 3.86. The van der Waals surface area contributed by atoms with Crippen molar-refractivity contribution in [2.45, 2.75) is 20.5 Å². The van der Waals surface area contributed by atoms with Crippen LogP contribution in [0.15, 0.2) is 18.2 Å². The molecule has 0 bridgehead atoms. The fourth-order valence-corrected chi connectivity index (χ4v) is 2.48. The van der Waals surface area contributed by atoms with E-state index in [1.807, 2.05) is 19.9 Å². The maximum Gasteiger partial charge on any atom is 0.140 e. The topological polar surface area (TPSA) is 45.9 Å². The standard InChI is InChI=1S/C13H11ClN2OS/c1-8-9(2)18-13(16-8)7-17-11-4-3-10(6-15)12(14)5-11/h3-5H,7H2,1-2H3. The number of ether oxygens (including phenoxy) is 1. The van der Waals surface area contributed by atoms with Crippen LogP contribution in [0.25, 0.3) is 0 Å². The second-order valence-electron chi connectivity index (χ2n) is 3.79. The molecule has 0 saturated carbocycles. The molecule has 0 N–H and O–H groups in total. The van der Waals surface area contributed by atoms with Gasteiger partial charge in [-0.3, -0.25) is 0 Å². The van der Waals surface area contributed by atoms with Crippen LogP contribution in [0.1, 0.15) is 21.1 Å². The molecule has 1 aromatic carbocycles. The van der Waals surface area contributed by atoms with Gasteiger partial charge in [-0.2, -0.15) is 5.26 Å². The summed E-state index contributed by atoms with van der Waals surface area (Å²) in [5, 5.41) is 10.1. The third kappa shape index (κ3) is 2.81. The smallest absolute Gasteiger partial charge is 0.140 e. The third-order valence-corrected chi connectivity index (χ3v) is 3.86. The minimum atomic E-state index is 0.404. The molecule has 3 nitrogen and oxygen atoms in total. The van der Waals surface area contributed by atoms with Gasteiger partial charge in [-0.05, 0) is 26.0 Å². The largest absolute Gasteiger partial charge is 0.486 e. The van der Waals surface area contributed by atoms with Gasteiger partial charge in [0.2, 0.25) is 0 Å². The summed E-state index contributed by atoms with van der Waals surface area (Å²) >= 11 is 7.55. The Morgan fingerprint density at radius 3 is 2.78 bits per heavy atom. The summed E-state index contributed by atoms with van der Waals surface area (Å²) in [5.41, 5.74) is 1.49. The van der Waals surface area contributed by atoms with E-state index in [9.17, 15) is 0 Å². The van der Waals surface area contributed by atoms with Gasteiger partial charge in [0, 0.05) is 10.9 Å². The molecule has 1 heterocycles. The SMILES string of the molecule is Cc1nc(COc2ccc(C#N)c(Cl)c2)sc1C. The molecule has 92 valence electrons. The highest BCUT2D eigenvalue weighted by molar-refractivity contribution is 7.11. The highest BCUT2D eigenvalue weighted by atomic mass is 35.5. The number of nitrogens with zero attached hydrogens (tertiary/aromatic N) is 2. The number of thiazole rings is 1. The van der Waals surface area contributed by atoms with E-state index in [0.29, 0.717) is 22.9 Å². The summed E-state index contributed by atoms with van der Waals surface area (Å²) in [6, 6.07) is 7.04. The summed E-state index contributed by atoms with van der Waals surface area (Å²) in [7, 11) is 0. The molecule has 1 aromatic heterocycles. The minimum absolute atomic E-state index is 0.404. The Morgan fingerprint density at radius 1 is 1.44 bits per heavy atom. The van der Waals surface area contributed by atoms with Gasteiger partial charge in [0.1, 0.15) is 23.4 Å². The second-order valence-corrected chi connectivity index (χ2v) is 5.49. The summed E-state index contributed by atoms with van der Waals surface area (Å²) < 4.78 is 5.59. The molecule has 0 fully saturated rings. The van der Waals surface area contributed by atoms with Crippen LogP contribution in [0.4, 0.5) is 0 Å². The predicted molar refractivity (Wildman–Crippen MR) is 72.1 cm³/mol. The monoisotopic (exact) mass is 278 g/mol. The molecule has 0 saturated heterocycles. The van der Waals surface area contributed by atoms with Crippen molar-refractivity contribution in [3.63, 3.8) is 0 Å². The van der Waals surface area contributed by atoms with Crippen LogP contribution in [0, 0.1) is 25.2 Å². The quantitative estimate of drug-likeness (QED) is 0.856. The van der Waals surface area contributed by atoms with Gasteiger partial charge in [0.25, 0.3) is 0 Å². The van der Waals surface area contributed by atoms with Crippen LogP contribution in [-0.2, 0) is 6.61 Å². The van der Waals surface area contributed by atoms with Crippen LogP contribution in [0.3, 0.4) is 0 Å². The number of rotatable bonds is 3. The van der Waals surface area contributed by atoms with E-state index < -0.39 is 0 Å². The number of nitriles is 1. The first-order valence-electron chi connectivity index (χ1n) is 5.35. The van der Waals surface area contributed by atoms with E-state index >= 15 is 0 Å². The van der Waals surface area contributed by atoms with E-state index in [0.717, 1.165) is 10.7 Å². The molecule has 2 aromatic rings. The fourth-order valence-electron chi connectivity index (χ4n) is 1.42. The summed E-state index contributed by atoms with van der Waals surface area (Å²) in [6.45, 7) is 4.44. The molecule has 18 heavy (non-hydrogen) atoms. The summed E-state index contributed by atoms with van der Waals surface area (Å²) in [6.07, 6.45) is 0. The minimum Gasteiger partial charge on any atom is -0.486 e. The van der Waals surface area contributed by atoms with Crippen LogP contribution < -0.4 is 4.74 Å². The normalized spacial score (nSPS) is 10.1. The van der Waals surface area contributed by atoms with Crippen molar-refractivity contribution >= 4 is 22.9 Å². The Kier molecular flexibility index (Phi) is 3.85. The van der Waals surface area contributed by atoms with Crippen LogP contribution in [0.2, 0.25) is 5.02 Å². The average molecular weight is 279 g/mol. The first-order valence-corrected chi connectivity index (χ1v) is 6.55. The molecule has 0 unspecified atom stereocenters. The van der Waals surface area contributed by atoms with Gasteiger partial charge in [-0.25, -0.2) is 4.98 Å². The lowest BCUT2D eigenvalue weighted by Gasteiger charge is -2.04. The van der Waals surface area contributed by atoms with E-state index in [1.54, 1.807) is 29.5 Å². The second kappa shape index (κ2) is 5.38. The lowest BCUT2D eigenvalue weighted by atomic mass is 10.2. The lowest BCUT2D eigenvalue weighted by Crippen LogP contribution is -1.95. The summed E-state index contributed by atoms with van der Waals surface area (Å²) in [5.74, 6) is 0.643. The van der Waals surface area contributed by atoms with E-state index in [2.05, 4.69) is 4.98 Å². The Morgan fingerprint density at radius 2 is 2.22 bits per heavy atom.